The minimum atomic E-state index is 0.385. The third-order valence-electron chi connectivity index (χ3n) is 2.46. The molecular weight excluding hydrogens is 244 g/mol. The molecule has 0 bridgehead atoms. The first-order chi connectivity index (χ1) is 8.70. The van der Waals surface area contributed by atoms with Crippen molar-refractivity contribution in [3.05, 3.63) is 64.4 Å². The number of aryl methyl sites for hydroxylation is 1. The molecule has 0 unspecified atom stereocenters. The van der Waals surface area contributed by atoms with Gasteiger partial charge < -0.3 is 4.84 Å². The summed E-state index contributed by atoms with van der Waals surface area (Å²) in [5.74, 6) is 5.63. The quantitative estimate of drug-likeness (QED) is 0.521. The third kappa shape index (κ3) is 2.85. The molecule has 0 atom stereocenters. The minimum absolute atomic E-state index is 0.385. The van der Waals surface area contributed by atoms with Crippen LogP contribution in [0.1, 0.15) is 16.0 Å². The van der Waals surface area contributed by atoms with Gasteiger partial charge in [-0.05, 0) is 23.9 Å². The van der Waals surface area contributed by atoms with E-state index in [9.17, 15) is 0 Å². The average Bonchev–Trinajstić information content (AvgIpc) is 2.90. The summed E-state index contributed by atoms with van der Waals surface area (Å²) in [6, 6.07) is 11.8. The lowest BCUT2D eigenvalue weighted by atomic mass is 10.1. The van der Waals surface area contributed by atoms with Gasteiger partial charge in [-0.1, -0.05) is 42.5 Å². The van der Waals surface area contributed by atoms with Crippen LogP contribution in [0.4, 0.5) is 0 Å². The lowest BCUT2D eigenvalue weighted by molar-refractivity contribution is 0.323. The van der Waals surface area contributed by atoms with Gasteiger partial charge >= 0.3 is 0 Å². The maximum atomic E-state index is 5.25. The topological polar surface area (TPSA) is 47.6 Å². The lowest BCUT2D eigenvalue weighted by Crippen LogP contribution is -2.10. The fourth-order valence-electron chi connectivity index (χ4n) is 1.47. The van der Waals surface area contributed by atoms with E-state index in [2.05, 4.69) is 11.6 Å². The largest absolute Gasteiger partial charge is 0.390 e. The van der Waals surface area contributed by atoms with Crippen molar-refractivity contribution in [2.75, 3.05) is 0 Å². The van der Waals surface area contributed by atoms with Gasteiger partial charge in [0, 0.05) is 0 Å². The normalized spacial score (nSPS) is 11.3. The first-order valence-electron chi connectivity index (χ1n) is 5.46. The highest BCUT2D eigenvalue weighted by Gasteiger charge is 2.06. The van der Waals surface area contributed by atoms with Crippen molar-refractivity contribution in [3.63, 3.8) is 0 Å². The number of hydrogen-bond donors (Lipinski definition) is 1. The van der Waals surface area contributed by atoms with Gasteiger partial charge in [0.25, 0.3) is 5.90 Å². The second-order valence-electron chi connectivity index (χ2n) is 3.82. The summed E-state index contributed by atoms with van der Waals surface area (Å²) in [4.78, 5) is 10.0. The smallest absolute Gasteiger partial charge is 0.255 e. The van der Waals surface area contributed by atoms with E-state index < -0.39 is 0 Å². The Morgan fingerprint density at radius 1 is 1.28 bits per heavy atom. The number of rotatable bonds is 3. The highest BCUT2D eigenvalue weighted by atomic mass is 32.1. The van der Waals surface area contributed by atoms with Crippen LogP contribution < -0.4 is 5.90 Å². The molecule has 2 N–H and O–H groups in total. The fourth-order valence-corrected chi connectivity index (χ4v) is 2.13. The molecule has 1 heterocycles. The molecule has 18 heavy (non-hydrogen) atoms. The molecule has 0 amide bonds. The maximum Gasteiger partial charge on any atom is 0.255 e. The van der Waals surface area contributed by atoms with Crippen molar-refractivity contribution >= 4 is 22.9 Å². The Bertz CT molecular complexity index is 556. The van der Waals surface area contributed by atoms with Crippen molar-refractivity contribution in [1.29, 1.82) is 0 Å². The van der Waals surface area contributed by atoms with Crippen LogP contribution in [0.5, 0.6) is 0 Å². The predicted molar refractivity (Wildman–Crippen MR) is 76.3 cm³/mol. The minimum Gasteiger partial charge on any atom is -0.390 e. The molecule has 0 fully saturated rings. The van der Waals surface area contributed by atoms with Crippen LogP contribution in [-0.4, -0.2) is 5.90 Å². The molecule has 2 rings (SSSR count). The summed E-state index contributed by atoms with van der Waals surface area (Å²) in [7, 11) is 0. The van der Waals surface area contributed by atoms with Gasteiger partial charge in [-0.2, -0.15) is 5.90 Å². The van der Waals surface area contributed by atoms with Crippen LogP contribution in [0.3, 0.4) is 0 Å². The fraction of sp³-hybridized carbons (Fsp3) is 0.0714. The standard InChI is InChI=1S/C14H14N2OS/c1-10-5-7-12(8-6-10)11(2)16-14(17-15)13-4-3-9-18-13/h3-9H,2,15H2,1H3. The van der Waals surface area contributed by atoms with Crippen LogP contribution in [-0.2, 0) is 4.84 Å². The van der Waals surface area contributed by atoms with E-state index in [1.54, 1.807) is 0 Å². The van der Waals surface area contributed by atoms with Gasteiger partial charge in [0.2, 0.25) is 0 Å². The van der Waals surface area contributed by atoms with E-state index in [1.165, 1.54) is 16.9 Å². The van der Waals surface area contributed by atoms with Crippen LogP contribution >= 0.6 is 11.3 Å². The van der Waals surface area contributed by atoms with E-state index in [-0.39, 0.29) is 0 Å². The molecule has 4 heteroatoms. The van der Waals surface area contributed by atoms with Gasteiger partial charge in [0.15, 0.2) is 0 Å². The Labute approximate surface area is 110 Å². The van der Waals surface area contributed by atoms with Crippen molar-refractivity contribution in [2.24, 2.45) is 10.9 Å². The predicted octanol–water partition coefficient (Wildman–Crippen LogP) is 3.36. The number of nitrogens with two attached hydrogens (primary N) is 1. The van der Waals surface area contributed by atoms with E-state index in [4.69, 9.17) is 10.7 Å². The second-order valence-corrected chi connectivity index (χ2v) is 4.77. The Kier molecular flexibility index (Phi) is 3.92. The average molecular weight is 258 g/mol. The maximum absolute atomic E-state index is 5.25. The third-order valence-corrected chi connectivity index (χ3v) is 3.32. The van der Waals surface area contributed by atoms with Crippen molar-refractivity contribution < 1.29 is 4.84 Å². The summed E-state index contributed by atoms with van der Waals surface area (Å²) in [5, 5.41) is 1.94. The van der Waals surface area contributed by atoms with E-state index >= 15 is 0 Å². The highest BCUT2D eigenvalue weighted by Crippen LogP contribution is 2.18. The number of hydrogen-bond acceptors (Lipinski definition) is 4. The van der Waals surface area contributed by atoms with E-state index in [1.807, 2.05) is 48.7 Å². The van der Waals surface area contributed by atoms with Crippen LogP contribution in [0.2, 0.25) is 0 Å². The molecule has 0 aliphatic heterocycles. The Morgan fingerprint density at radius 3 is 2.56 bits per heavy atom. The van der Waals surface area contributed by atoms with Crippen molar-refractivity contribution in [1.82, 2.24) is 0 Å². The van der Waals surface area contributed by atoms with Gasteiger partial charge in [0.05, 0.1) is 10.6 Å². The summed E-state index contributed by atoms with van der Waals surface area (Å²) in [5.41, 5.74) is 2.78. The monoisotopic (exact) mass is 258 g/mol. The SMILES string of the molecule is C=C(N=C(ON)c1cccs1)c1ccc(C)cc1. The van der Waals surface area contributed by atoms with Gasteiger partial charge in [-0.3, -0.25) is 0 Å². The highest BCUT2D eigenvalue weighted by molar-refractivity contribution is 7.12. The molecule has 92 valence electrons. The summed E-state index contributed by atoms with van der Waals surface area (Å²) in [6.07, 6.45) is 0. The number of nitrogens with zero attached hydrogens (tertiary/aromatic N) is 1. The van der Waals surface area contributed by atoms with E-state index in [0.717, 1.165) is 10.4 Å². The molecule has 0 radical (unpaired) electrons. The number of benzene rings is 1. The lowest BCUT2D eigenvalue weighted by Gasteiger charge is -2.04. The molecule has 0 saturated carbocycles. The molecule has 0 aliphatic carbocycles. The first kappa shape index (κ1) is 12.5. The molecular formula is C14H14N2OS. The summed E-state index contributed by atoms with van der Waals surface area (Å²) >= 11 is 1.52. The van der Waals surface area contributed by atoms with Gasteiger partial charge in [0.1, 0.15) is 0 Å². The van der Waals surface area contributed by atoms with Crippen molar-refractivity contribution in [3.8, 4) is 0 Å². The first-order valence-corrected chi connectivity index (χ1v) is 6.34. The zero-order chi connectivity index (χ0) is 13.0. The van der Waals surface area contributed by atoms with Crippen LogP contribution in [0.25, 0.3) is 5.70 Å². The summed E-state index contributed by atoms with van der Waals surface area (Å²) in [6.45, 7) is 5.97. The molecule has 0 aliphatic rings. The molecule has 2 aromatic rings. The Hall–Kier alpha value is -1.91. The van der Waals surface area contributed by atoms with E-state index in [0.29, 0.717) is 11.6 Å². The van der Waals surface area contributed by atoms with Crippen LogP contribution in [0, 0.1) is 6.92 Å². The molecule has 0 saturated heterocycles. The molecule has 0 spiro atoms. The molecule has 3 nitrogen and oxygen atoms in total. The number of thiophene rings is 1. The van der Waals surface area contributed by atoms with Gasteiger partial charge in [-0.25, -0.2) is 4.99 Å². The Balaban J connectivity index is 2.26. The van der Waals surface area contributed by atoms with Crippen LogP contribution in [0.15, 0.2) is 53.3 Å². The molecule has 1 aromatic carbocycles. The summed E-state index contributed by atoms with van der Waals surface area (Å²) < 4.78 is 0. The zero-order valence-corrected chi connectivity index (χ0v) is 10.9. The Morgan fingerprint density at radius 2 is 2.00 bits per heavy atom. The molecule has 1 aromatic heterocycles. The van der Waals surface area contributed by atoms with Crippen molar-refractivity contribution in [2.45, 2.75) is 6.92 Å². The number of aliphatic imine (C=N–C) groups is 1. The second kappa shape index (κ2) is 5.62. The van der Waals surface area contributed by atoms with Gasteiger partial charge in [-0.15, -0.1) is 11.3 Å². The zero-order valence-electron chi connectivity index (χ0n) is 10.1.